The van der Waals surface area contributed by atoms with Crippen LogP contribution in [-0.2, 0) is 0 Å². The van der Waals surface area contributed by atoms with Crippen molar-refractivity contribution in [3.05, 3.63) is 36.2 Å². The molecule has 0 aliphatic rings. The molecule has 1 aromatic carbocycles. The second-order valence-electron chi connectivity index (χ2n) is 5.03. The molecule has 0 saturated carbocycles. The van der Waals surface area contributed by atoms with Gasteiger partial charge in [-0.2, -0.15) is 18.3 Å². The summed E-state index contributed by atoms with van der Waals surface area (Å²) in [5.74, 6) is -0.347. The summed E-state index contributed by atoms with van der Waals surface area (Å²) >= 11 is 0. The first-order chi connectivity index (χ1) is 11.2. The zero-order chi connectivity index (χ0) is 17.9. The van der Waals surface area contributed by atoms with Gasteiger partial charge in [-0.05, 0) is 32.0 Å². The van der Waals surface area contributed by atoms with Crippen LogP contribution in [0.15, 0.2) is 30.5 Å². The van der Waals surface area contributed by atoms with Crippen molar-refractivity contribution in [1.82, 2.24) is 9.78 Å². The smallest absolute Gasteiger partial charge is 0.408 e. The van der Waals surface area contributed by atoms with Crippen LogP contribution in [0.25, 0.3) is 5.69 Å². The fourth-order valence-corrected chi connectivity index (χ4v) is 1.99. The number of carbonyl (C=O) groups excluding carboxylic acids is 1. The number of primary amides is 1. The maximum atomic E-state index is 12.7. The van der Waals surface area contributed by atoms with Crippen molar-refractivity contribution in [2.75, 3.05) is 11.9 Å². The number of amides is 1. The lowest BCUT2D eigenvalue weighted by Gasteiger charge is -2.19. The molecular weight excluding hydrogens is 325 g/mol. The third-order valence-electron chi connectivity index (χ3n) is 3.22. The predicted octanol–water partition coefficient (Wildman–Crippen LogP) is 2.73. The Morgan fingerprint density at radius 2 is 2.12 bits per heavy atom. The van der Waals surface area contributed by atoms with E-state index in [1.54, 1.807) is 13.0 Å². The number of hydrogen-bond donors (Lipinski definition) is 2. The summed E-state index contributed by atoms with van der Waals surface area (Å²) in [6.07, 6.45) is -2.84. The Hall–Kier alpha value is -2.71. The number of nitrogens with zero attached hydrogens (tertiary/aromatic N) is 2. The number of anilines is 1. The van der Waals surface area contributed by atoms with Crippen LogP contribution in [0, 0.1) is 0 Å². The Balaban J connectivity index is 2.34. The average molecular weight is 342 g/mol. The van der Waals surface area contributed by atoms with Gasteiger partial charge in [0.15, 0.2) is 0 Å². The number of hydrogen-bond acceptors (Lipinski definition) is 4. The van der Waals surface area contributed by atoms with E-state index in [0.717, 1.165) is 6.92 Å². The zero-order valence-electron chi connectivity index (χ0n) is 13.1. The fraction of sp³-hybridized carbons (Fsp3) is 0.333. The Bertz CT molecular complexity index is 728. The summed E-state index contributed by atoms with van der Waals surface area (Å²) in [5.41, 5.74) is 5.97. The standard InChI is InChI=1S/C15H17F3N4O2/c1-3-24-13-8-10(20-9(2)15(16,17)18)4-5-12(13)22-7-6-11(21-22)14(19)23/h4-9,20H,3H2,1-2H3,(H2,19,23). The summed E-state index contributed by atoms with van der Waals surface area (Å²) in [6.45, 7) is 3.09. The lowest BCUT2D eigenvalue weighted by atomic mass is 10.2. The molecule has 24 heavy (non-hydrogen) atoms. The summed E-state index contributed by atoms with van der Waals surface area (Å²) in [4.78, 5) is 11.1. The number of nitrogens with one attached hydrogen (secondary N) is 1. The van der Waals surface area contributed by atoms with Crippen LogP contribution < -0.4 is 15.8 Å². The normalized spacial score (nSPS) is 12.7. The van der Waals surface area contributed by atoms with Crippen LogP contribution in [0.2, 0.25) is 0 Å². The maximum absolute atomic E-state index is 12.7. The minimum absolute atomic E-state index is 0.0744. The molecule has 3 N–H and O–H groups in total. The van der Waals surface area contributed by atoms with Gasteiger partial charge in [0.1, 0.15) is 23.2 Å². The first-order valence-electron chi connectivity index (χ1n) is 7.18. The highest BCUT2D eigenvalue weighted by Gasteiger charge is 2.35. The molecule has 0 aliphatic heterocycles. The lowest BCUT2D eigenvalue weighted by molar-refractivity contribution is -0.138. The summed E-state index contributed by atoms with van der Waals surface area (Å²) in [7, 11) is 0. The van der Waals surface area contributed by atoms with E-state index in [4.69, 9.17) is 10.5 Å². The van der Waals surface area contributed by atoms with Crippen molar-refractivity contribution < 1.29 is 22.7 Å². The fourth-order valence-electron chi connectivity index (χ4n) is 1.99. The topological polar surface area (TPSA) is 82.2 Å². The molecule has 1 aromatic heterocycles. The Morgan fingerprint density at radius 3 is 2.67 bits per heavy atom. The Morgan fingerprint density at radius 1 is 1.42 bits per heavy atom. The van der Waals surface area contributed by atoms with Gasteiger partial charge in [0.05, 0.1) is 6.61 Å². The van der Waals surface area contributed by atoms with Gasteiger partial charge in [-0.1, -0.05) is 0 Å². The predicted molar refractivity (Wildman–Crippen MR) is 82.4 cm³/mol. The van der Waals surface area contributed by atoms with Gasteiger partial charge in [-0.25, -0.2) is 4.68 Å². The zero-order valence-corrected chi connectivity index (χ0v) is 13.1. The molecule has 0 aliphatic carbocycles. The number of aromatic nitrogens is 2. The minimum atomic E-state index is -4.36. The number of carbonyl (C=O) groups is 1. The highest BCUT2D eigenvalue weighted by atomic mass is 19.4. The van der Waals surface area contributed by atoms with Crippen molar-refractivity contribution in [2.45, 2.75) is 26.1 Å². The van der Waals surface area contributed by atoms with E-state index < -0.39 is 18.1 Å². The summed E-state index contributed by atoms with van der Waals surface area (Å²) < 4.78 is 44.8. The minimum Gasteiger partial charge on any atom is -0.492 e. The molecule has 1 heterocycles. The lowest BCUT2D eigenvalue weighted by Crippen LogP contribution is -2.33. The maximum Gasteiger partial charge on any atom is 0.408 e. The summed E-state index contributed by atoms with van der Waals surface area (Å²) in [5, 5.41) is 6.39. The van der Waals surface area contributed by atoms with Crippen LogP contribution in [0.3, 0.4) is 0 Å². The third-order valence-corrected chi connectivity index (χ3v) is 3.22. The van der Waals surface area contributed by atoms with E-state index in [1.807, 2.05) is 0 Å². The molecule has 0 bridgehead atoms. The molecular formula is C15H17F3N4O2. The van der Waals surface area contributed by atoms with Gasteiger partial charge in [-0.3, -0.25) is 4.79 Å². The first-order valence-corrected chi connectivity index (χ1v) is 7.18. The molecule has 9 heteroatoms. The molecule has 0 saturated heterocycles. The molecule has 1 amide bonds. The number of ether oxygens (including phenoxy) is 1. The largest absolute Gasteiger partial charge is 0.492 e. The van der Waals surface area contributed by atoms with Gasteiger partial charge in [-0.15, -0.1) is 0 Å². The van der Waals surface area contributed by atoms with Crippen molar-refractivity contribution in [3.8, 4) is 11.4 Å². The van der Waals surface area contributed by atoms with E-state index in [2.05, 4.69) is 10.4 Å². The van der Waals surface area contributed by atoms with Crippen LogP contribution in [0.5, 0.6) is 5.75 Å². The first kappa shape index (κ1) is 17.6. The van der Waals surface area contributed by atoms with Gasteiger partial charge in [0.25, 0.3) is 5.91 Å². The molecule has 0 radical (unpaired) electrons. The van der Waals surface area contributed by atoms with Crippen LogP contribution in [0.4, 0.5) is 18.9 Å². The average Bonchev–Trinajstić information content (AvgIpc) is 2.97. The highest BCUT2D eigenvalue weighted by Crippen LogP contribution is 2.29. The van der Waals surface area contributed by atoms with Gasteiger partial charge in [0.2, 0.25) is 0 Å². The number of benzene rings is 1. The second kappa shape index (κ2) is 6.81. The molecule has 2 aromatic rings. The Kier molecular flexibility index (Phi) is 5.01. The van der Waals surface area contributed by atoms with Crippen molar-refractivity contribution in [1.29, 1.82) is 0 Å². The van der Waals surface area contributed by atoms with Gasteiger partial charge >= 0.3 is 6.18 Å². The Labute approximate surface area is 136 Å². The quantitative estimate of drug-likeness (QED) is 0.846. The SMILES string of the molecule is CCOc1cc(NC(C)C(F)(F)F)ccc1-n1ccc(C(N)=O)n1. The number of alkyl halides is 3. The second-order valence-corrected chi connectivity index (χ2v) is 5.03. The molecule has 0 spiro atoms. The van der Waals surface area contributed by atoms with E-state index in [9.17, 15) is 18.0 Å². The highest BCUT2D eigenvalue weighted by molar-refractivity contribution is 5.90. The van der Waals surface area contributed by atoms with Crippen molar-refractivity contribution in [3.63, 3.8) is 0 Å². The molecule has 1 unspecified atom stereocenters. The number of rotatable bonds is 6. The molecule has 130 valence electrons. The monoisotopic (exact) mass is 342 g/mol. The van der Waals surface area contributed by atoms with Crippen LogP contribution >= 0.6 is 0 Å². The van der Waals surface area contributed by atoms with E-state index in [-0.39, 0.29) is 11.4 Å². The van der Waals surface area contributed by atoms with Crippen molar-refractivity contribution in [2.24, 2.45) is 5.73 Å². The molecule has 2 rings (SSSR count). The van der Waals surface area contributed by atoms with E-state index in [1.165, 1.54) is 29.1 Å². The summed E-state index contributed by atoms with van der Waals surface area (Å²) in [6, 6.07) is 4.21. The van der Waals surface area contributed by atoms with Crippen LogP contribution in [-0.4, -0.2) is 34.5 Å². The van der Waals surface area contributed by atoms with Gasteiger partial charge in [0, 0.05) is 18.0 Å². The molecule has 6 nitrogen and oxygen atoms in total. The number of halogens is 3. The van der Waals surface area contributed by atoms with E-state index >= 15 is 0 Å². The molecule has 0 fully saturated rings. The van der Waals surface area contributed by atoms with Crippen LogP contribution in [0.1, 0.15) is 24.3 Å². The third kappa shape index (κ3) is 3.98. The van der Waals surface area contributed by atoms with Crippen molar-refractivity contribution >= 4 is 11.6 Å². The van der Waals surface area contributed by atoms with E-state index in [0.29, 0.717) is 18.0 Å². The number of nitrogens with two attached hydrogens (primary N) is 1. The van der Waals surface area contributed by atoms with Gasteiger partial charge < -0.3 is 15.8 Å². The molecule has 1 atom stereocenters.